The monoisotopic (exact) mass is 206 g/mol. The summed E-state index contributed by atoms with van der Waals surface area (Å²) in [6, 6.07) is 8.55. The van der Waals surface area contributed by atoms with Crippen molar-refractivity contribution >= 4 is 16.7 Å². The molecule has 0 amide bonds. The van der Waals surface area contributed by atoms with Gasteiger partial charge >= 0.3 is 0 Å². The van der Waals surface area contributed by atoms with Gasteiger partial charge in [0.25, 0.3) is 0 Å². The lowest BCUT2D eigenvalue weighted by molar-refractivity contribution is 0.296. The van der Waals surface area contributed by atoms with Crippen molar-refractivity contribution in [2.24, 2.45) is 0 Å². The van der Waals surface area contributed by atoms with Crippen LogP contribution in [0.4, 0.5) is 0 Å². The van der Waals surface area contributed by atoms with Crippen LogP contribution in [0.15, 0.2) is 30.3 Å². The summed E-state index contributed by atoms with van der Waals surface area (Å²) in [6.45, 7) is 2.37. The molecule has 0 fully saturated rings. The first kappa shape index (κ1) is 9.81. The van der Waals surface area contributed by atoms with Gasteiger partial charge in [-0.05, 0) is 18.9 Å². The van der Waals surface area contributed by atoms with Crippen LogP contribution in [0.5, 0.6) is 0 Å². The highest BCUT2D eigenvalue weighted by Gasteiger charge is 2.17. The van der Waals surface area contributed by atoms with Crippen LogP contribution < -0.4 is 0 Å². The Balaban J connectivity index is 2.13. The molecule has 1 atom stereocenters. The topological polar surface area (TPSA) is 20.2 Å². The zero-order valence-corrected chi connectivity index (χ0v) is 9.05. The maximum Gasteiger partial charge on any atom is 0.0556 e. The van der Waals surface area contributed by atoms with E-state index in [0.717, 1.165) is 6.42 Å². The molecule has 0 bridgehead atoms. The minimum absolute atomic E-state index is 0.274. The van der Waals surface area contributed by atoms with Crippen molar-refractivity contribution in [3.63, 3.8) is 0 Å². The molecule has 1 aliphatic rings. The number of aryl methyl sites for hydroxylation is 1. The number of benzene rings is 1. The molecular weight excluding hydrogens is 192 g/mol. The maximum atomic E-state index is 9.02. The third-order valence-electron chi connectivity index (χ3n) is 2.40. The summed E-state index contributed by atoms with van der Waals surface area (Å²) < 4.78 is 0. The lowest BCUT2D eigenvalue weighted by Crippen LogP contribution is -2.02. The average molecular weight is 206 g/mol. The number of aliphatic hydroxyl groups excluding tert-OH is 1. The van der Waals surface area contributed by atoms with E-state index in [-0.39, 0.29) is 6.61 Å². The quantitative estimate of drug-likeness (QED) is 0.803. The molecule has 1 aromatic rings. The van der Waals surface area contributed by atoms with Crippen LogP contribution in [-0.2, 0) is 0 Å². The first-order chi connectivity index (χ1) is 6.79. The van der Waals surface area contributed by atoms with E-state index in [0.29, 0.717) is 5.25 Å². The molecule has 14 heavy (non-hydrogen) atoms. The van der Waals surface area contributed by atoms with E-state index in [9.17, 15) is 0 Å². The van der Waals surface area contributed by atoms with E-state index in [4.69, 9.17) is 5.11 Å². The Hall–Kier alpha value is -0.730. The fourth-order valence-corrected chi connectivity index (χ4v) is 2.62. The van der Waals surface area contributed by atoms with Crippen LogP contribution in [0.3, 0.4) is 0 Å². The van der Waals surface area contributed by atoms with Gasteiger partial charge in [0.15, 0.2) is 0 Å². The van der Waals surface area contributed by atoms with Crippen molar-refractivity contribution in [2.75, 3.05) is 6.61 Å². The fraction of sp³-hybridized carbons (Fsp3) is 0.333. The van der Waals surface area contributed by atoms with Gasteiger partial charge in [0.1, 0.15) is 0 Å². The van der Waals surface area contributed by atoms with Crippen LogP contribution in [0, 0.1) is 6.92 Å². The fourth-order valence-electron chi connectivity index (χ4n) is 1.53. The van der Waals surface area contributed by atoms with Gasteiger partial charge in [-0.25, -0.2) is 0 Å². The summed E-state index contributed by atoms with van der Waals surface area (Å²) in [7, 11) is 0. The average Bonchev–Trinajstić information content (AvgIpc) is 2.67. The minimum atomic E-state index is 0.274. The standard InChI is InChI=1S/C12H14OS/c1-9-2-4-10(5-3-9)12-7-6-11(8-13)14-12/h2-5,7,11,13H,6,8H2,1H3. The van der Waals surface area contributed by atoms with Gasteiger partial charge in [-0.15, -0.1) is 11.8 Å². The predicted molar refractivity (Wildman–Crippen MR) is 62.2 cm³/mol. The number of allylic oxidation sites excluding steroid dienone is 1. The second kappa shape index (κ2) is 4.20. The van der Waals surface area contributed by atoms with Crippen LogP contribution >= 0.6 is 11.8 Å². The molecule has 1 heterocycles. The summed E-state index contributed by atoms with van der Waals surface area (Å²) in [5, 5.41) is 9.39. The highest BCUT2D eigenvalue weighted by atomic mass is 32.2. The van der Waals surface area contributed by atoms with Gasteiger partial charge in [0.05, 0.1) is 6.61 Å². The molecule has 1 aliphatic heterocycles. The summed E-state index contributed by atoms with van der Waals surface area (Å²) in [5.74, 6) is 0. The number of thioether (sulfide) groups is 1. The largest absolute Gasteiger partial charge is 0.395 e. The second-order valence-electron chi connectivity index (χ2n) is 3.59. The van der Waals surface area contributed by atoms with E-state index < -0.39 is 0 Å². The summed E-state index contributed by atoms with van der Waals surface area (Å²) in [6.07, 6.45) is 3.21. The molecule has 2 heteroatoms. The molecule has 1 nitrogen and oxygen atoms in total. The van der Waals surface area contributed by atoms with E-state index in [1.54, 1.807) is 11.8 Å². The highest BCUT2D eigenvalue weighted by molar-refractivity contribution is 8.09. The van der Waals surface area contributed by atoms with Gasteiger partial charge in [0.2, 0.25) is 0 Å². The van der Waals surface area contributed by atoms with E-state index in [2.05, 4.69) is 37.3 Å². The third-order valence-corrected chi connectivity index (χ3v) is 3.73. The van der Waals surface area contributed by atoms with Gasteiger partial charge < -0.3 is 5.11 Å². The van der Waals surface area contributed by atoms with Gasteiger partial charge in [-0.3, -0.25) is 0 Å². The Labute approximate surface area is 88.8 Å². The molecule has 74 valence electrons. The Morgan fingerprint density at radius 1 is 1.36 bits per heavy atom. The summed E-state index contributed by atoms with van der Waals surface area (Å²) >= 11 is 1.78. The van der Waals surface area contributed by atoms with Crippen LogP contribution in [0.1, 0.15) is 17.5 Å². The molecule has 0 aliphatic carbocycles. The molecule has 0 saturated heterocycles. The molecule has 0 saturated carbocycles. The van der Waals surface area contributed by atoms with Crippen molar-refractivity contribution < 1.29 is 5.11 Å². The van der Waals surface area contributed by atoms with E-state index in [1.165, 1.54) is 16.0 Å². The van der Waals surface area contributed by atoms with Crippen molar-refractivity contribution in [2.45, 2.75) is 18.6 Å². The highest BCUT2D eigenvalue weighted by Crippen LogP contribution is 2.38. The van der Waals surface area contributed by atoms with Crippen LogP contribution in [0.25, 0.3) is 4.91 Å². The van der Waals surface area contributed by atoms with Crippen LogP contribution in [0.2, 0.25) is 0 Å². The molecule has 1 aromatic carbocycles. The zero-order chi connectivity index (χ0) is 9.97. The number of aliphatic hydroxyl groups is 1. The normalized spacial score (nSPS) is 21.0. The van der Waals surface area contributed by atoms with Crippen LogP contribution in [-0.4, -0.2) is 17.0 Å². The summed E-state index contributed by atoms with van der Waals surface area (Å²) in [5.41, 5.74) is 2.56. The van der Waals surface area contributed by atoms with Gasteiger partial charge in [-0.2, -0.15) is 0 Å². The summed E-state index contributed by atoms with van der Waals surface area (Å²) in [4.78, 5) is 1.31. The Morgan fingerprint density at radius 2 is 2.07 bits per heavy atom. The SMILES string of the molecule is Cc1ccc(C2=CCC(CO)S2)cc1. The maximum absolute atomic E-state index is 9.02. The Bertz CT molecular complexity index is 340. The van der Waals surface area contributed by atoms with Gasteiger partial charge in [0, 0.05) is 10.2 Å². The minimum Gasteiger partial charge on any atom is -0.395 e. The van der Waals surface area contributed by atoms with Crippen molar-refractivity contribution in [1.29, 1.82) is 0 Å². The number of rotatable bonds is 2. The van der Waals surface area contributed by atoms with Crippen molar-refractivity contribution in [3.05, 3.63) is 41.5 Å². The van der Waals surface area contributed by atoms with Crippen molar-refractivity contribution in [3.8, 4) is 0 Å². The predicted octanol–water partition coefficient (Wildman–Crippen LogP) is 2.83. The molecule has 0 spiro atoms. The smallest absolute Gasteiger partial charge is 0.0556 e. The lowest BCUT2D eigenvalue weighted by Gasteiger charge is -2.06. The molecule has 2 rings (SSSR count). The number of hydrogen-bond donors (Lipinski definition) is 1. The molecule has 0 aromatic heterocycles. The molecule has 1 N–H and O–H groups in total. The van der Waals surface area contributed by atoms with Gasteiger partial charge in [-0.1, -0.05) is 35.9 Å². The Kier molecular flexibility index (Phi) is 2.94. The number of hydrogen-bond acceptors (Lipinski definition) is 2. The lowest BCUT2D eigenvalue weighted by atomic mass is 10.1. The third kappa shape index (κ3) is 2.02. The van der Waals surface area contributed by atoms with E-state index in [1.807, 2.05) is 0 Å². The first-order valence-corrected chi connectivity index (χ1v) is 5.72. The molecule has 1 unspecified atom stereocenters. The van der Waals surface area contributed by atoms with Crippen molar-refractivity contribution in [1.82, 2.24) is 0 Å². The Morgan fingerprint density at radius 3 is 2.64 bits per heavy atom. The molecule has 0 radical (unpaired) electrons. The molecular formula is C12H14OS. The zero-order valence-electron chi connectivity index (χ0n) is 8.23. The second-order valence-corrected chi connectivity index (χ2v) is 4.93. The first-order valence-electron chi connectivity index (χ1n) is 4.84. The van der Waals surface area contributed by atoms with E-state index >= 15 is 0 Å².